The molecule has 0 aromatic heterocycles. The van der Waals surface area contributed by atoms with Crippen LogP contribution in [-0.4, -0.2) is 29.7 Å². The van der Waals surface area contributed by atoms with Gasteiger partial charge in [-0.15, -0.1) is 0 Å². The summed E-state index contributed by atoms with van der Waals surface area (Å²) in [5.41, 5.74) is 1.24. The van der Waals surface area contributed by atoms with Gasteiger partial charge in [0, 0.05) is 23.0 Å². The van der Waals surface area contributed by atoms with E-state index in [-0.39, 0.29) is 11.5 Å². The van der Waals surface area contributed by atoms with E-state index < -0.39 is 5.60 Å². The number of piperidine rings is 1. The highest BCUT2D eigenvalue weighted by Gasteiger charge is 2.68. The van der Waals surface area contributed by atoms with Crippen LogP contribution in [0.25, 0.3) is 0 Å². The van der Waals surface area contributed by atoms with E-state index in [0.717, 1.165) is 24.0 Å². The molecule has 1 aromatic carbocycles. The summed E-state index contributed by atoms with van der Waals surface area (Å²) in [7, 11) is 0. The summed E-state index contributed by atoms with van der Waals surface area (Å²) in [6.45, 7) is 9.65. The average Bonchev–Trinajstić information content (AvgIpc) is 2.80. The van der Waals surface area contributed by atoms with Crippen molar-refractivity contribution in [2.24, 2.45) is 11.8 Å². The number of halogens is 1. The highest BCUT2D eigenvalue weighted by atomic mass is 79.9. The Morgan fingerprint density at radius 3 is 2.50 bits per heavy atom. The molecule has 4 heteroatoms. The van der Waals surface area contributed by atoms with E-state index in [1.54, 1.807) is 0 Å². The maximum atomic E-state index is 12.2. The van der Waals surface area contributed by atoms with Gasteiger partial charge < -0.3 is 9.64 Å². The van der Waals surface area contributed by atoms with Crippen molar-refractivity contribution >= 4 is 22.0 Å². The highest BCUT2D eigenvalue weighted by Crippen LogP contribution is 2.65. The molecule has 1 saturated heterocycles. The van der Waals surface area contributed by atoms with E-state index >= 15 is 0 Å². The van der Waals surface area contributed by atoms with Gasteiger partial charge in [0.25, 0.3) is 0 Å². The summed E-state index contributed by atoms with van der Waals surface area (Å²) in [5, 5.41) is 0. The molecule has 2 fully saturated rings. The van der Waals surface area contributed by atoms with Crippen molar-refractivity contribution in [2.45, 2.75) is 45.1 Å². The quantitative estimate of drug-likeness (QED) is 0.766. The summed E-state index contributed by atoms with van der Waals surface area (Å²) in [6, 6.07) is 8.64. The zero-order valence-electron chi connectivity index (χ0n) is 13.7. The second kappa shape index (κ2) is 5.26. The second-order valence-electron chi connectivity index (χ2n) is 7.50. The van der Waals surface area contributed by atoms with Gasteiger partial charge in [-0.05, 0) is 56.7 Å². The summed E-state index contributed by atoms with van der Waals surface area (Å²) in [6.07, 6.45) is 0.958. The normalized spacial score (nSPS) is 30.1. The summed E-state index contributed by atoms with van der Waals surface area (Å²) < 4.78 is 6.63. The summed E-state index contributed by atoms with van der Waals surface area (Å²) in [5.74, 6) is 1.14. The molecular weight excluding hydrogens is 342 g/mol. The van der Waals surface area contributed by atoms with E-state index in [0.29, 0.717) is 11.8 Å². The molecule has 0 radical (unpaired) electrons. The van der Waals surface area contributed by atoms with Gasteiger partial charge in [-0.25, -0.2) is 4.79 Å². The van der Waals surface area contributed by atoms with Gasteiger partial charge in [-0.2, -0.15) is 0 Å². The fraction of sp³-hybridized carbons (Fsp3) is 0.611. The van der Waals surface area contributed by atoms with Crippen LogP contribution in [-0.2, 0) is 10.2 Å². The lowest BCUT2D eigenvalue weighted by atomic mass is 9.87. The third-order valence-corrected chi connectivity index (χ3v) is 5.63. The molecule has 0 bridgehead atoms. The Hall–Kier alpha value is -1.03. The zero-order valence-corrected chi connectivity index (χ0v) is 15.3. The maximum Gasteiger partial charge on any atom is 0.410 e. The van der Waals surface area contributed by atoms with Gasteiger partial charge in [-0.1, -0.05) is 35.0 Å². The van der Waals surface area contributed by atoms with Crippen LogP contribution in [0.3, 0.4) is 0 Å². The Morgan fingerprint density at radius 2 is 2.00 bits per heavy atom. The molecular formula is C18H24BrNO2. The van der Waals surface area contributed by atoms with E-state index in [2.05, 4.69) is 47.1 Å². The monoisotopic (exact) mass is 365 g/mol. The lowest BCUT2D eigenvalue weighted by Gasteiger charge is -2.29. The van der Waals surface area contributed by atoms with Gasteiger partial charge in [0.05, 0.1) is 0 Å². The SMILES string of the molecule is CCC1(c2cccc(Br)c2)C2CN(C(=O)OC(C)(C)C)CC21. The molecule has 1 amide bonds. The van der Waals surface area contributed by atoms with E-state index in [1.165, 1.54) is 5.56 Å². The fourth-order valence-electron chi connectivity index (χ4n) is 4.14. The van der Waals surface area contributed by atoms with Crippen molar-refractivity contribution in [1.82, 2.24) is 4.90 Å². The van der Waals surface area contributed by atoms with Crippen molar-refractivity contribution in [3.8, 4) is 0 Å². The number of amides is 1. The first-order valence-electron chi connectivity index (χ1n) is 8.02. The minimum Gasteiger partial charge on any atom is -0.444 e. The molecule has 2 atom stereocenters. The van der Waals surface area contributed by atoms with Crippen molar-refractivity contribution in [1.29, 1.82) is 0 Å². The van der Waals surface area contributed by atoms with Crippen LogP contribution in [0.5, 0.6) is 0 Å². The van der Waals surface area contributed by atoms with Crippen molar-refractivity contribution in [2.75, 3.05) is 13.1 Å². The van der Waals surface area contributed by atoms with Crippen molar-refractivity contribution in [3.05, 3.63) is 34.3 Å². The van der Waals surface area contributed by atoms with Crippen LogP contribution in [0.2, 0.25) is 0 Å². The lowest BCUT2D eigenvalue weighted by Crippen LogP contribution is -2.39. The third-order valence-electron chi connectivity index (χ3n) is 5.13. The number of ether oxygens (including phenoxy) is 1. The van der Waals surface area contributed by atoms with Crippen molar-refractivity contribution in [3.63, 3.8) is 0 Å². The van der Waals surface area contributed by atoms with E-state index in [1.807, 2.05) is 25.7 Å². The Labute approximate surface area is 141 Å². The molecule has 2 unspecified atom stereocenters. The average molecular weight is 366 g/mol. The molecule has 0 N–H and O–H groups in total. The first-order valence-corrected chi connectivity index (χ1v) is 8.81. The predicted octanol–water partition coefficient (Wildman–Crippen LogP) is 4.59. The minimum atomic E-state index is -0.421. The van der Waals surface area contributed by atoms with E-state index in [4.69, 9.17) is 4.74 Å². The fourth-order valence-corrected chi connectivity index (χ4v) is 4.54. The number of rotatable bonds is 2. The number of benzene rings is 1. The number of carbonyl (C=O) groups excluding carboxylic acids is 1. The van der Waals surface area contributed by atoms with Gasteiger partial charge >= 0.3 is 6.09 Å². The summed E-state index contributed by atoms with van der Waals surface area (Å²) in [4.78, 5) is 14.1. The molecule has 2 aliphatic rings. The molecule has 120 valence electrons. The highest BCUT2D eigenvalue weighted by molar-refractivity contribution is 9.10. The molecule has 3 rings (SSSR count). The van der Waals surface area contributed by atoms with Crippen LogP contribution in [0.1, 0.15) is 39.7 Å². The number of carbonyl (C=O) groups is 1. The first kappa shape index (κ1) is 15.9. The molecule has 1 heterocycles. The van der Waals surface area contributed by atoms with Crippen molar-refractivity contribution < 1.29 is 9.53 Å². The number of fused-ring (bicyclic) bond motifs is 1. The predicted molar refractivity (Wildman–Crippen MR) is 90.9 cm³/mol. The smallest absolute Gasteiger partial charge is 0.410 e. The lowest BCUT2D eigenvalue weighted by molar-refractivity contribution is 0.0260. The Morgan fingerprint density at radius 1 is 1.36 bits per heavy atom. The Bertz CT molecular complexity index is 581. The van der Waals surface area contributed by atoms with Crippen LogP contribution in [0.15, 0.2) is 28.7 Å². The molecule has 1 saturated carbocycles. The van der Waals surface area contributed by atoms with Crippen LogP contribution in [0.4, 0.5) is 4.79 Å². The topological polar surface area (TPSA) is 29.5 Å². The van der Waals surface area contributed by atoms with Crippen LogP contribution in [0, 0.1) is 11.8 Å². The standard InChI is InChI=1S/C18H24BrNO2/c1-5-18(12-7-6-8-13(19)9-12)14-10-20(11-15(14)18)16(21)22-17(2,3)4/h6-9,14-15H,5,10-11H2,1-4H3. The number of hydrogen-bond acceptors (Lipinski definition) is 2. The Kier molecular flexibility index (Phi) is 3.79. The van der Waals surface area contributed by atoms with Crippen LogP contribution >= 0.6 is 15.9 Å². The molecule has 3 nitrogen and oxygen atoms in total. The maximum absolute atomic E-state index is 12.2. The van der Waals surface area contributed by atoms with Gasteiger partial charge in [0.1, 0.15) is 5.60 Å². The van der Waals surface area contributed by atoms with E-state index in [9.17, 15) is 4.79 Å². The second-order valence-corrected chi connectivity index (χ2v) is 8.42. The minimum absolute atomic E-state index is 0.168. The molecule has 1 aliphatic carbocycles. The van der Waals surface area contributed by atoms with Gasteiger partial charge in [0.2, 0.25) is 0 Å². The molecule has 1 aliphatic heterocycles. The molecule has 1 aromatic rings. The summed E-state index contributed by atoms with van der Waals surface area (Å²) >= 11 is 3.57. The molecule has 22 heavy (non-hydrogen) atoms. The van der Waals surface area contributed by atoms with Gasteiger partial charge in [0.15, 0.2) is 0 Å². The largest absolute Gasteiger partial charge is 0.444 e. The number of hydrogen-bond donors (Lipinski definition) is 0. The number of nitrogens with zero attached hydrogens (tertiary/aromatic N) is 1. The first-order chi connectivity index (χ1) is 10.3. The number of likely N-dealkylation sites (tertiary alicyclic amines) is 1. The third kappa shape index (κ3) is 2.55. The molecule has 0 spiro atoms. The Balaban J connectivity index is 1.72. The van der Waals surface area contributed by atoms with Gasteiger partial charge in [-0.3, -0.25) is 0 Å². The van der Waals surface area contributed by atoms with Crippen LogP contribution < -0.4 is 0 Å². The zero-order chi connectivity index (χ0) is 16.1.